The fourth-order valence-corrected chi connectivity index (χ4v) is 3.11. The first-order valence-corrected chi connectivity index (χ1v) is 8.86. The molecule has 0 atom stereocenters. The van der Waals surface area contributed by atoms with E-state index >= 15 is 0 Å². The van der Waals surface area contributed by atoms with Crippen molar-refractivity contribution in [2.24, 2.45) is 7.05 Å². The third-order valence-electron chi connectivity index (χ3n) is 3.28. The Morgan fingerprint density at radius 3 is 2.71 bits per heavy atom. The highest BCUT2D eigenvalue weighted by molar-refractivity contribution is 7.98. The summed E-state index contributed by atoms with van der Waals surface area (Å²) in [6.45, 7) is 0.302. The first kappa shape index (κ1) is 17.1. The highest BCUT2D eigenvalue weighted by atomic mass is 35.5. The topological polar surface area (TPSA) is 52.8 Å². The maximum atomic E-state index is 6.08. The third-order valence-corrected chi connectivity index (χ3v) is 4.90. The maximum absolute atomic E-state index is 6.08. The number of pyridine rings is 1. The average Bonchev–Trinajstić information content (AvgIpc) is 2.94. The van der Waals surface area contributed by atoms with E-state index in [0.29, 0.717) is 22.5 Å². The van der Waals surface area contributed by atoms with Gasteiger partial charge < -0.3 is 9.30 Å². The molecule has 0 aliphatic heterocycles. The molecule has 1 aromatic carbocycles. The lowest BCUT2D eigenvalue weighted by Gasteiger charge is -2.07. The van der Waals surface area contributed by atoms with Crippen molar-refractivity contribution in [2.45, 2.75) is 17.5 Å². The van der Waals surface area contributed by atoms with Crippen LogP contribution in [0.5, 0.6) is 5.75 Å². The van der Waals surface area contributed by atoms with Crippen LogP contribution in [0.4, 0.5) is 0 Å². The van der Waals surface area contributed by atoms with E-state index in [9.17, 15) is 0 Å². The molecular weight excluding hydrogens is 367 g/mol. The Morgan fingerprint density at radius 1 is 1.12 bits per heavy atom. The van der Waals surface area contributed by atoms with Crippen molar-refractivity contribution < 1.29 is 4.74 Å². The smallest absolute Gasteiger partial charge is 0.191 e. The van der Waals surface area contributed by atoms with Gasteiger partial charge in [-0.3, -0.25) is 0 Å². The van der Waals surface area contributed by atoms with Gasteiger partial charge in [0.05, 0.1) is 5.02 Å². The van der Waals surface area contributed by atoms with Crippen LogP contribution in [0, 0.1) is 0 Å². The Hall–Kier alpha value is -1.76. The highest BCUT2D eigenvalue weighted by Gasteiger charge is 2.11. The summed E-state index contributed by atoms with van der Waals surface area (Å²) in [5, 5.41) is 10.2. The van der Waals surface area contributed by atoms with Crippen LogP contribution in [-0.2, 0) is 19.4 Å². The first-order chi connectivity index (χ1) is 11.6. The van der Waals surface area contributed by atoms with E-state index in [1.165, 1.54) is 0 Å². The largest absolute Gasteiger partial charge is 0.484 e. The average molecular weight is 381 g/mol. The quantitative estimate of drug-likeness (QED) is 0.468. The summed E-state index contributed by atoms with van der Waals surface area (Å²) in [5.41, 5.74) is 1.07. The van der Waals surface area contributed by atoms with Crippen LogP contribution in [-0.4, -0.2) is 19.7 Å². The monoisotopic (exact) mass is 380 g/mol. The standard InChI is InChI=1S/C16H14Cl2N4OS/c1-22-15(9-23-13-5-3-2-4-12(13)17)20-21-16(22)24-10-11-6-7-14(18)19-8-11/h2-8H,9-10H2,1H3. The molecule has 0 fully saturated rings. The lowest BCUT2D eigenvalue weighted by molar-refractivity contribution is 0.290. The fraction of sp³-hybridized carbons (Fsp3) is 0.188. The SMILES string of the molecule is Cn1c(COc2ccccc2Cl)nnc1SCc1ccc(Cl)nc1. The number of halogens is 2. The van der Waals surface area contributed by atoms with Crippen molar-refractivity contribution in [2.75, 3.05) is 0 Å². The van der Waals surface area contributed by atoms with Crippen molar-refractivity contribution in [1.82, 2.24) is 19.7 Å². The van der Waals surface area contributed by atoms with Gasteiger partial charge in [0.2, 0.25) is 0 Å². The third kappa shape index (κ3) is 4.20. The van der Waals surface area contributed by atoms with Gasteiger partial charge in [0.25, 0.3) is 0 Å². The van der Waals surface area contributed by atoms with Gasteiger partial charge in [0.1, 0.15) is 17.5 Å². The Labute approximate surface area is 154 Å². The van der Waals surface area contributed by atoms with E-state index in [0.717, 1.165) is 22.3 Å². The van der Waals surface area contributed by atoms with E-state index in [1.54, 1.807) is 30.1 Å². The van der Waals surface area contributed by atoms with Crippen molar-refractivity contribution in [3.05, 3.63) is 64.2 Å². The summed E-state index contributed by atoms with van der Waals surface area (Å²) in [6.07, 6.45) is 1.76. The lowest BCUT2D eigenvalue weighted by Crippen LogP contribution is -2.04. The van der Waals surface area contributed by atoms with E-state index in [2.05, 4.69) is 15.2 Å². The number of para-hydroxylation sites is 1. The molecule has 0 saturated carbocycles. The predicted molar refractivity (Wildman–Crippen MR) is 95.6 cm³/mol. The predicted octanol–water partition coefficient (Wildman–Crippen LogP) is 4.39. The zero-order valence-electron chi connectivity index (χ0n) is 12.8. The van der Waals surface area contributed by atoms with Gasteiger partial charge in [-0.25, -0.2) is 4.98 Å². The summed E-state index contributed by atoms with van der Waals surface area (Å²) >= 11 is 13.4. The molecule has 24 heavy (non-hydrogen) atoms. The van der Waals surface area contributed by atoms with Gasteiger partial charge in [-0.05, 0) is 23.8 Å². The summed E-state index contributed by atoms with van der Waals surface area (Å²) in [4.78, 5) is 4.07. The molecule has 0 radical (unpaired) electrons. The van der Waals surface area contributed by atoms with Gasteiger partial charge in [-0.2, -0.15) is 0 Å². The maximum Gasteiger partial charge on any atom is 0.191 e. The Morgan fingerprint density at radius 2 is 1.96 bits per heavy atom. The van der Waals surface area contributed by atoms with E-state index in [-0.39, 0.29) is 0 Å². The molecule has 0 unspecified atom stereocenters. The van der Waals surface area contributed by atoms with E-state index < -0.39 is 0 Å². The lowest BCUT2D eigenvalue weighted by atomic mass is 10.3. The van der Waals surface area contributed by atoms with E-state index in [4.69, 9.17) is 27.9 Å². The van der Waals surface area contributed by atoms with Crippen molar-refractivity contribution in [3.8, 4) is 5.75 Å². The van der Waals surface area contributed by atoms with Crippen LogP contribution < -0.4 is 4.74 Å². The molecular formula is C16H14Cl2N4OS. The number of ether oxygens (including phenoxy) is 1. The number of nitrogens with zero attached hydrogens (tertiary/aromatic N) is 4. The number of thioether (sulfide) groups is 1. The molecule has 0 amide bonds. The Balaban J connectivity index is 1.61. The first-order valence-electron chi connectivity index (χ1n) is 7.12. The van der Waals surface area contributed by atoms with Crippen LogP contribution in [0.15, 0.2) is 47.8 Å². The van der Waals surface area contributed by atoms with Crippen LogP contribution in [0.2, 0.25) is 10.2 Å². The zero-order chi connectivity index (χ0) is 16.9. The normalized spacial score (nSPS) is 10.8. The zero-order valence-corrected chi connectivity index (χ0v) is 15.1. The number of hydrogen-bond acceptors (Lipinski definition) is 5. The van der Waals surface area contributed by atoms with Crippen LogP contribution in [0.25, 0.3) is 0 Å². The molecule has 0 spiro atoms. The van der Waals surface area contributed by atoms with Crippen LogP contribution >= 0.6 is 35.0 Å². The fourth-order valence-electron chi connectivity index (χ4n) is 1.94. The Bertz CT molecular complexity index is 823. The molecule has 2 aromatic heterocycles. The molecule has 2 heterocycles. The second-order valence-electron chi connectivity index (χ2n) is 4.95. The van der Waals surface area contributed by atoms with E-state index in [1.807, 2.05) is 35.9 Å². The molecule has 0 saturated heterocycles. The van der Waals surface area contributed by atoms with Gasteiger partial charge in [0.15, 0.2) is 11.0 Å². The van der Waals surface area contributed by atoms with Crippen molar-refractivity contribution in [1.29, 1.82) is 0 Å². The molecule has 8 heteroatoms. The molecule has 3 aromatic rings. The van der Waals surface area contributed by atoms with Crippen molar-refractivity contribution in [3.63, 3.8) is 0 Å². The molecule has 0 aliphatic rings. The summed E-state index contributed by atoms with van der Waals surface area (Å²) < 4.78 is 7.61. The molecule has 124 valence electrons. The van der Waals surface area contributed by atoms with Gasteiger partial charge in [-0.15, -0.1) is 10.2 Å². The summed E-state index contributed by atoms with van der Waals surface area (Å²) in [7, 11) is 1.91. The van der Waals surface area contributed by atoms with Gasteiger partial charge >= 0.3 is 0 Å². The highest BCUT2D eigenvalue weighted by Crippen LogP contribution is 2.25. The number of rotatable bonds is 6. The number of benzene rings is 1. The molecule has 3 rings (SSSR count). The van der Waals surface area contributed by atoms with Crippen LogP contribution in [0.3, 0.4) is 0 Å². The molecule has 5 nitrogen and oxygen atoms in total. The Kier molecular flexibility index (Phi) is 5.60. The van der Waals surface area contributed by atoms with Gasteiger partial charge in [0, 0.05) is 19.0 Å². The molecule has 0 aliphatic carbocycles. The second kappa shape index (κ2) is 7.88. The van der Waals surface area contributed by atoms with Crippen LogP contribution in [0.1, 0.15) is 11.4 Å². The molecule has 0 N–H and O–H groups in total. The van der Waals surface area contributed by atoms with Gasteiger partial charge in [-0.1, -0.05) is 53.2 Å². The minimum Gasteiger partial charge on any atom is -0.484 e. The number of hydrogen-bond donors (Lipinski definition) is 0. The summed E-state index contributed by atoms with van der Waals surface area (Å²) in [6, 6.07) is 11.1. The minimum atomic E-state index is 0.302. The second-order valence-corrected chi connectivity index (χ2v) is 6.69. The molecule has 0 bridgehead atoms. The van der Waals surface area contributed by atoms with Crippen molar-refractivity contribution >= 4 is 35.0 Å². The minimum absolute atomic E-state index is 0.302. The number of aromatic nitrogens is 4. The summed E-state index contributed by atoms with van der Waals surface area (Å²) in [5.74, 6) is 2.09.